The Morgan fingerprint density at radius 2 is 1.91 bits per heavy atom. The Balaban J connectivity index is 1.98. The molecule has 0 spiro atoms. The third kappa shape index (κ3) is 6.46. The van der Waals surface area contributed by atoms with Gasteiger partial charge in [0.15, 0.2) is 5.75 Å². The Morgan fingerprint density at radius 3 is 2.55 bits per heavy atom. The Labute approximate surface area is 196 Å². The number of nitrogens with zero attached hydrogens (tertiary/aromatic N) is 2. The Bertz CT molecular complexity index is 1060. The minimum absolute atomic E-state index is 0.0689. The summed E-state index contributed by atoms with van der Waals surface area (Å²) in [6.07, 6.45) is 0.742. The van der Waals surface area contributed by atoms with Crippen LogP contribution < -0.4 is 9.46 Å². The second-order valence-electron chi connectivity index (χ2n) is 8.86. The fraction of sp³-hybridized carbons (Fsp3) is 0.458. The largest absolute Gasteiger partial charge is 0.486 e. The zero-order valence-electron chi connectivity index (χ0n) is 19.6. The number of para-hydroxylation sites is 1. The number of aliphatic hydroxyl groups is 1. The SMILES string of the molecule is C[C@@H]1CN([C@H](C)CO)C(=O)c2cccc(NS(C)(=O)=O)c2O[C@@H]1CN(C)Cc1ccccc1. The average molecular weight is 476 g/mol. The normalized spacial score (nSPS) is 19.9. The van der Waals surface area contributed by atoms with Gasteiger partial charge >= 0.3 is 0 Å². The number of hydrogen-bond acceptors (Lipinski definition) is 6. The van der Waals surface area contributed by atoms with E-state index in [4.69, 9.17) is 4.74 Å². The highest BCUT2D eigenvalue weighted by Gasteiger charge is 2.34. The van der Waals surface area contributed by atoms with Gasteiger partial charge in [-0.25, -0.2) is 8.42 Å². The van der Waals surface area contributed by atoms with Gasteiger partial charge < -0.3 is 14.7 Å². The van der Waals surface area contributed by atoms with Gasteiger partial charge in [0, 0.05) is 25.6 Å². The molecule has 9 heteroatoms. The summed E-state index contributed by atoms with van der Waals surface area (Å²) in [6, 6.07) is 14.5. The number of hydrogen-bond donors (Lipinski definition) is 2. The lowest BCUT2D eigenvalue weighted by Gasteiger charge is -2.38. The predicted octanol–water partition coefficient (Wildman–Crippen LogP) is 2.41. The van der Waals surface area contributed by atoms with E-state index in [9.17, 15) is 18.3 Å². The van der Waals surface area contributed by atoms with Crippen LogP contribution >= 0.6 is 0 Å². The highest BCUT2D eigenvalue weighted by molar-refractivity contribution is 7.92. The van der Waals surface area contributed by atoms with Crippen molar-refractivity contribution in [1.82, 2.24) is 9.80 Å². The monoisotopic (exact) mass is 475 g/mol. The first-order chi connectivity index (χ1) is 15.6. The molecule has 0 saturated carbocycles. The number of anilines is 1. The summed E-state index contributed by atoms with van der Waals surface area (Å²) in [4.78, 5) is 17.2. The number of carbonyl (C=O) groups is 1. The van der Waals surface area contributed by atoms with Crippen LogP contribution in [0.4, 0.5) is 5.69 Å². The Kier molecular flexibility index (Phi) is 7.99. The van der Waals surface area contributed by atoms with E-state index in [-0.39, 0.29) is 47.6 Å². The lowest BCUT2D eigenvalue weighted by atomic mass is 9.99. The summed E-state index contributed by atoms with van der Waals surface area (Å²) in [5.41, 5.74) is 1.67. The molecule has 1 aliphatic rings. The molecule has 1 heterocycles. The van der Waals surface area contributed by atoms with Crippen molar-refractivity contribution in [3.63, 3.8) is 0 Å². The minimum Gasteiger partial charge on any atom is -0.486 e. The van der Waals surface area contributed by atoms with Crippen molar-refractivity contribution in [2.45, 2.75) is 32.5 Å². The summed E-state index contributed by atoms with van der Waals surface area (Å²) in [5, 5.41) is 9.76. The van der Waals surface area contributed by atoms with Crippen LogP contribution in [0, 0.1) is 5.92 Å². The van der Waals surface area contributed by atoms with Gasteiger partial charge in [0.05, 0.1) is 30.2 Å². The van der Waals surface area contributed by atoms with Crippen molar-refractivity contribution in [2.24, 2.45) is 5.92 Å². The molecule has 33 heavy (non-hydrogen) atoms. The smallest absolute Gasteiger partial charge is 0.258 e. The fourth-order valence-corrected chi connectivity index (χ4v) is 4.57. The molecule has 3 atom stereocenters. The average Bonchev–Trinajstić information content (AvgIpc) is 2.75. The van der Waals surface area contributed by atoms with Gasteiger partial charge in [-0.2, -0.15) is 0 Å². The second kappa shape index (κ2) is 10.5. The van der Waals surface area contributed by atoms with E-state index in [2.05, 4.69) is 21.8 Å². The predicted molar refractivity (Wildman–Crippen MR) is 129 cm³/mol. The van der Waals surface area contributed by atoms with Gasteiger partial charge in [-0.1, -0.05) is 43.3 Å². The maximum absolute atomic E-state index is 13.4. The van der Waals surface area contributed by atoms with Gasteiger partial charge in [-0.15, -0.1) is 0 Å². The number of sulfonamides is 1. The number of fused-ring (bicyclic) bond motifs is 1. The zero-order valence-corrected chi connectivity index (χ0v) is 20.4. The second-order valence-corrected chi connectivity index (χ2v) is 10.6. The summed E-state index contributed by atoms with van der Waals surface area (Å²) in [7, 11) is -1.58. The van der Waals surface area contributed by atoms with E-state index >= 15 is 0 Å². The molecular weight excluding hydrogens is 442 g/mol. The van der Waals surface area contributed by atoms with Gasteiger partial charge in [0.1, 0.15) is 6.10 Å². The van der Waals surface area contributed by atoms with Crippen LogP contribution in [0.25, 0.3) is 0 Å². The first kappa shape index (κ1) is 25.0. The number of likely N-dealkylation sites (N-methyl/N-ethyl adjacent to an activating group) is 1. The van der Waals surface area contributed by atoms with E-state index in [0.717, 1.165) is 12.8 Å². The number of ether oxygens (including phenoxy) is 1. The molecule has 0 radical (unpaired) electrons. The van der Waals surface area contributed by atoms with E-state index in [1.807, 2.05) is 32.2 Å². The summed E-state index contributed by atoms with van der Waals surface area (Å²) in [6.45, 7) is 5.32. The van der Waals surface area contributed by atoms with E-state index < -0.39 is 10.0 Å². The number of nitrogens with one attached hydrogen (secondary N) is 1. The van der Waals surface area contributed by atoms with Crippen LogP contribution in [0.2, 0.25) is 0 Å². The van der Waals surface area contributed by atoms with E-state index in [1.54, 1.807) is 30.0 Å². The Hall–Kier alpha value is -2.62. The van der Waals surface area contributed by atoms with Crippen molar-refractivity contribution in [3.05, 3.63) is 59.7 Å². The molecule has 1 aliphatic heterocycles. The third-order valence-corrected chi connectivity index (χ3v) is 6.36. The number of amides is 1. The molecule has 0 bridgehead atoms. The van der Waals surface area contributed by atoms with Gasteiger partial charge in [0.2, 0.25) is 10.0 Å². The molecule has 3 rings (SSSR count). The van der Waals surface area contributed by atoms with Crippen LogP contribution in [0.3, 0.4) is 0 Å². The fourth-order valence-electron chi connectivity index (χ4n) is 4.01. The lowest BCUT2D eigenvalue weighted by Crippen LogP contribution is -2.49. The molecule has 0 saturated heterocycles. The summed E-state index contributed by atoms with van der Waals surface area (Å²) < 4.78 is 32.8. The summed E-state index contributed by atoms with van der Waals surface area (Å²) in [5.74, 6) is -0.153. The number of rotatable bonds is 8. The zero-order chi connectivity index (χ0) is 24.2. The molecular formula is C24H33N3O5S. The molecule has 0 unspecified atom stereocenters. The van der Waals surface area contributed by atoms with Crippen molar-refractivity contribution < 1.29 is 23.1 Å². The number of carbonyl (C=O) groups excluding carboxylic acids is 1. The van der Waals surface area contributed by atoms with Crippen molar-refractivity contribution in [3.8, 4) is 5.75 Å². The first-order valence-electron chi connectivity index (χ1n) is 11.0. The molecule has 0 fully saturated rings. The number of benzene rings is 2. The standard InChI is InChI=1S/C24H33N3O5S/c1-17-13-27(18(2)16-28)24(29)20-11-8-12-21(25-33(4,30)31)23(20)32-22(17)15-26(3)14-19-9-6-5-7-10-19/h5-12,17-18,22,25,28H,13-16H2,1-4H3/t17-,18-,22-/m1/s1. The molecule has 8 nitrogen and oxygen atoms in total. The van der Waals surface area contributed by atoms with E-state index in [1.165, 1.54) is 5.56 Å². The lowest BCUT2D eigenvalue weighted by molar-refractivity contribution is 0.0344. The molecule has 0 aliphatic carbocycles. The molecule has 2 aromatic rings. The third-order valence-electron chi connectivity index (χ3n) is 5.77. The molecule has 2 aromatic carbocycles. The molecule has 1 amide bonds. The highest BCUT2D eigenvalue weighted by atomic mass is 32.2. The quantitative estimate of drug-likeness (QED) is 0.608. The molecule has 0 aromatic heterocycles. The van der Waals surface area contributed by atoms with E-state index in [0.29, 0.717) is 13.1 Å². The molecule has 180 valence electrons. The van der Waals surface area contributed by atoms with Gasteiger partial charge in [0.25, 0.3) is 5.91 Å². The summed E-state index contributed by atoms with van der Waals surface area (Å²) >= 11 is 0. The van der Waals surface area contributed by atoms with Crippen LogP contribution in [0.15, 0.2) is 48.5 Å². The number of aliphatic hydroxyl groups excluding tert-OH is 1. The van der Waals surface area contributed by atoms with Crippen LogP contribution in [0.1, 0.15) is 29.8 Å². The van der Waals surface area contributed by atoms with Gasteiger partial charge in [-0.05, 0) is 31.7 Å². The first-order valence-corrected chi connectivity index (χ1v) is 12.9. The minimum atomic E-state index is -3.58. The van der Waals surface area contributed by atoms with Crippen LogP contribution in [-0.2, 0) is 16.6 Å². The van der Waals surface area contributed by atoms with Crippen LogP contribution in [0.5, 0.6) is 5.75 Å². The van der Waals surface area contributed by atoms with Crippen LogP contribution in [-0.4, -0.2) is 74.4 Å². The highest BCUT2D eigenvalue weighted by Crippen LogP contribution is 2.35. The maximum atomic E-state index is 13.4. The van der Waals surface area contributed by atoms with Crippen molar-refractivity contribution >= 4 is 21.6 Å². The Morgan fingerprint density at radius 1 is 1.21 bits per heavy atom. The van der Waals surface area contributed by atoms with Gasteiger partial charge in [-0.3, -0.25) is 14.4 Å². The molecule has 2 N–H and O–H groups in total. The maximum Gasteiger partial charge on any atom is 0.258 e. The van der Waals surface area contributed by atoms with Crippen molar-refractivity contribution in [1.29, 1.82) is 0 Å². The van der Waals surface area contributed by atoms with Crippen molar-refractivity contribution in [2.75, 3.05) is 37.7 Å². The topological polar surface area (TPSA) is 99.2 Å².